The Labute approximate surface area is 307 Å². The first-order valence-corrected chi connectivity index (χ1v) is 22.2. The lowest BCUT2D eigenvalue weighted by atomic mass is 10.0. The lowest BCUT2D eigenvalue weighted by Gasteiger charge is -2.18. The fraction of sp³-hybridized carbons (Fsp3) is 0.854. The van der Waals surface area contributed by atoms with Crippen molar-refractivity contribution in [3.63, 3.8) is 0 Å². The van der Waals surface area contributed by atoms with Crippen molar-refractivity contribution >= 4 is 19.8 Å². The Morgan fingerprint density at radius 2 is 0.920 bits per heavy atom. The largest absolute Gasteiger partial charge is 0.469 e. The highest BCUT2D eigenvalue weighted by atomic mass is 31.2. The Morgan fingerprint density at radius 3 is 1.38 bits per heavy atom. The summed E-state index contributed by atoms with van der Waals surface area (Å²) in [6.45, 7) is 3.66. The van der Waals surface area contributed by atoms with Gasteiger partial charge in [-0.1, -0.05) is 179 Å². The number of unbranched alkanes of at least 4 members (excludes halogenated alkanes) is 24. The second-order valence-corrected chi connectivity index (χ2v) is 15.2. The van der Waals surface area contributed by atoms with Crippen LogP contribution in [-0.4, -0.2) is 41.0 Å². The molecule has 0 rings (SSSR count). The van der Waals surface area contributed by atoms with E-state index in [1.807, 2.05) is 6.08 Å². The molecule has 0 heterocycles. The number of carbonyl (C=O) groups is 2. The zero-order valence-corrected chi connectivity index (χ0v) is 33.2. The van der Waals surface area contributed by atoms with Crippen molar-refractivity contribution < 1.29 is 37.9 Å². The number of ether oxygens (including phenoxy) is 2. The topological polar surface area (TPSA) is 119 Å². The summed E-state index contributed by atoms with van der Waals surface area (Å²) in [4.78, 5) is 42.8. The fourth-order valence-corrected chi connectivity index (χ4v) is 6.24. The molecule has 0 amide bonds. The molecule has 2 N–H and O–H groups in total. The molecule has 0 aliphatic carbocycles. The molecule has 0 aliphatic rings. The van der Waals surface area contributed by atoms with E-state index in [1.54, 1.807) is 0 Å². The third-order valence-electron chi connectivity index (χ3n) is 8.97. The van der Waals surface area contributed by atoms with Gasteiger partial charge in [-0.3, -0.25) is 14.1 Å². The number of phosphoric acid groups is 1. The van der Waals surface area contributed by atoms with E-state index in [0.29, 0.717) is 6.42 Å². The third kappa shape index (κ3) is 39.3. The highest BCUT2D eigenvalue weighted by molar-refractivity contribution is 7.46. The summed E-state index contributed by atoms with van der Waals surface area (Å²) in [7, 11) is -4.76. The van der Waals surface area contributed by atoms with Gasteiger partial charge in [0, 0.05) is 12.8 Å². The molecular formula is C41H77O8P. The summed E-state index contributed by atoms with van der Waals surface area (Å²) in [5, 5.41) is 0. The lowest BCUT2D eigenvalue weighted by molar-refractivity contribution is -0.161. The van der Waals surface area contributed by atoms with Crippen LogP contribution in [0.2, 0.25) is 0 Å². The molecule has 0 saturated carbocycles. The number of phosphoric ester groups is 1. The van der Waals surface area contributed by atoms with Crippen molar-refractivity contribution in [1.29, 1.82) is 0 Å². The maximum atomic E-state index is 12.4. The monoisotopic (exact) mass is 729 g/mol. The van der Waals surface area contributed by atoms with E-state index < -0.39 is 32.5 Å². The van der Waals surface area contributed by atoms with Crippen LogP contribution in [0, 0.1) is 0 Å². The Balaban J connectivity index is 3.97. The first kappa shape index (κ1) is 48.5. The molecule has 9 heteroatoms. The van der Waals surface area contributed by atoms with E-state index >= 15 is 0 Å². The summed E-state index contributed by atoms with van der Waals surface area (Å²) in [5.41, 5.74) is 0. The Bertz CT molecular complexity index is 869. The van der Waals surface area contributed by atoms with Gasteiger partial charge in [0.15, 0.2) is 6.10 Å². The van der Waals surface area contributed by atoms with E-state index in [1.165, 1.54) is 135 Å². The number of hydrogen-bond acceptors (Lipinski definition) is 6. The molecule has 0 aromatic carbocycles. The highest BCUT2D eigenvalue weighted by Crippen LogP contribution is 2.36. The minimum Gasteiger partial charge on any atom is -0.462 e. The van der Waals surface area contributed by atoms with Gasteiger partial charge in [-0.05, 0) is 38.5 Å². The first-order chi connectivity index (χ1) is 24.3. The minimum absolute atomic E-state index is 0.151. The highest BCUT2D eigenvalue weighted by Gasteiger charge is 2.22. The van der Waals surface area contributed by atoms with Crippen LogP contribution in [0.3, 0.4) is 0 Å². The maximum absolute atomic E-state index is 12.4. The smallest absolute Gasteiger partial charge is 0.462 e. The van der Waals surface area contributed by atoms with E-state index in [-0.39, 0.29) is 19.4 Å². The molecule has 0 aromatic rings. The van der Waals surface area contributed by atoms with Gasteiger partial charge in [0.1, 0.15) is 6.61 Å². The predicted molar refractivity (Wildman–Crippen MR) is 207 cm³/mol. The Kier molecular flexibility index (Phi) is 36.2. The maximum Gasteiger partial charge on any atom is 0.469 e. The average Bonchev–Trinajstić information content (AvgIpc) is 3.08. The number of carbonyl (C=O) groups excluding carboxylic acids is 2. The SMILES string of the molecule is CCCCCCCCCCC/C=C/C/C=C/CCCC(=O)O[C@H](COC(=O)CCCCCCCCCCCCCCCCC)COP(=O)(O)O. The first-order valence-electron chi connectivity index (χ1n) is 20.6. The predicted octanol–water partition coefficient (Wildman–Crippen LogP) is 12.4. The molecule has 0 saturated heterocycles. The van der Waals surface area contributed by atoms with E-state index in [2.05, 4.69) is 36.6 Å². The van der Waals surface area contributed by atoms with Crippen molar-refractivity contribution in [3.05, 3.63) is 24.3 Å². The molecule has 0 aromatic heterocycles. The van der Waals surface area contributed by atoms with Crippen LogP contribution in [0.15, 0.2) is 24.3 Å². The molecule has 1 atom stereocenters. The Hall–Kier alpha value is -1.47. The van der Waals surface area contributed by atoms with Crippen LogP contribution in [0.1, 0.15) is 206 Å². The third-order valence-corrected chi connectivity index (χ3v) is 9.46. The van der Waals surface area contributed by atoms with E-state index in [0.717, 1.165) is 38.5 Å². The Morgan fingerprint density at radius 1 is 0.520 bits per heavy atom. The number of allylic oxidation sites excluding steroid dienone is 4. The average molecular weight is 729 g/mol. The molecular weight excluding hydrogens is 651 g/mol. The van der Waals surface area contributed by atoms with Crippen LogP contribution >= 0.6 is 7.82 Å². The zero-order chi connectivity index (χ0) is 36.8. The van der Waals surface area contributed by atoms with Crippen LogP contribution in [0.5, 0.6) is 0 Å². The van der Waals surface area contributed by atoms with Crippen LogP contribution < -0.4 is 0 Å². The number of esters is 2. The molecule has 0 bridgehead atoms. The summed E-state index contributed by atoms with van der Waals surface area (Å²) in [6.07, 6.45) is 41.9. The van der Waals surface area contributed by atoms with Crippen molar-refractivity contribution in [2.45, 2.75) is 213 Å². The van der Waals surface area contributed by atoms with Gasteiger partial charge in [0.25, 0.3) is 0 Å². The normalized spacial score (nSPS) is 12.6. The quantitative estimate of drug-likeness (QED) is 0.0279. The lowest BCUT2D eigenvalue weighted by Crippen LogP contribution is -2.29. The van der Waals surface area contributed by atoms with E-state index in [9.17, 15) is 14.2 Å². The molecule has 8 nitrogen and oxygen atoms in total. The van der Waals surface area contributed by atoms with Crippen molar-refractivity contribution in [2.75, 3.05) is 13.2 Å². The summed E-state index contributed by atoms with van der Waals surface area (Å²) in [5.74, 6) is -0.929. The van der Waals surface area contributed by atoms with Gasteiger partial charge in [-0.25, -0.2) is 4.57 Å². The molecule has 50 heavy (non-hydrogen) atoms. The van der Waals surface area contributed by atoms with Crippen molar-refractivity contribution in [3.8, 4) is 0 Å². The number of rotatable bonds is 38. The standard InChI is InChI=1S/C41H77O8P/c1-3-5-7-9-11-13-15-17-19-20-22-24-26-28-30-32-34-36-41(43)49-39(38-48-50(44,45)46)37-47-40(42)35-33-31-29-27-25-23-21-18-16-14-12-10-8-6-4-2/h22,24,28,30,39H,3-21,23,25-27,29,31-38H2,1-2H3,(H2,44,45,46)/b24-22+,30-28+/t39-/m1/s1. The summed E-state index contributed by atoms with van der Waals surface area (Å²) < 4.78 is 26.3. The van der Waals surface area contributed by atoms with Gasteiger partial charge in [-0.15, -0.1) is 0 Å². The van der Waals surface area contributed by atoms with E-state index in [4.69, 9.17) is 19.3 Å². The second-order valence-electron chi connectivity index (χ2n) is 14.0. The van der Waals surface area contributed by atoms with Crippen LogP contribution in [0.4, 0.5) is 0 Å². The zero-order valence-electron chi connectivity index (χ0n) is 32.3. The minimum atomic E-state index is -4.76. The molecule has 0 spiro atoms. The van der Waals surface area contributed by atoms with Crippen LogP contribution in [-0.2, 0) is 28.2 Å². The van der Waals surface area contributed by atoms with Gasteiger partial charge in [0.2, 0.25) is 0 Å². The van der Waals surface area contributed by atoms with Gasteiger partial charge >= 0.3 is 19.8 Å². The molecule has 294 valence electrons. The molecule has 0 aliphatic heterocycles. The van der Waals surface area contributed by atoms with Crippen molar-refractivity contribution in [1.82, 2.24) is 0 Å². The van der Waals surface area contributed by atoms with Gasteiger partial charge in [-0.2, -0.15) is 0 Å². The van der Waals surface area contributed by atoms with Gasteiger partial charge < -0.3 is 19.3 Å². The molecule has 0 fully saturated rings. The fourth-order valence-electron chi connectivity index (χ4n) is 5.88. The second kappa shape index (κ2) is 37.3. The van der Waals surface area contributed by atoms with Gasteiger partial charge in [0.05, 0.1) is 6.61 Å². The number of hydrogen-bond donors (Lipinski definition) is 2. The molecule has 0 unspecified atom stereocenters. The van der Waals surface area contributed by atoms with Crippen molar-refractivity contribution in [2.24, 2.45) is 0 Å². The van der Waals surface area contributed by atoms with Crippen LogP contribution in [0.25, 0.3) is 0 Å². The summed E-state index contributed by atoms with van der Waals surface area (Å²) in [6, 6.07) is 0. The molecule has 0 radical (unpaired) electrons. The summed E-state index contributed by atoms with van der Waals surface area (Å²) >= 11 is 0.